The van der Waals surface area contributed by atoms with Gasteiger partial charge >= 0.3 is 0 Å². The van der Waals surface area contributed by atoms with Crippen molar-refractivity contribution in [1.29, 1.82) is 0 Å². The summed E-state index contributed by atoms with van der Waals surface area (Å²) in [6.07, 6.45) is 2.89. The second kappa shape index (κ2) is 2.53. The molecule has 1 N–H and O–H groups in total. The highest BCUT2D eigenvalue weighted by atomic mass is 16.3. The van der Waals surface area contributed by atoms with Crippen LogP contribution in [0.2, 0.25) is 0 Å². The molecule has 0 saturated heterocycles. The van der Waals surface area contributed by atoms with Crippen LogP contribution in [0, 0.1) is 0 Å². The maximum Gasteiger partial charge on any atom is 0.0580 e. The predicted octanol–water partition coefficient (Wildman–Crippen LogP) is 1.87. The van der Waals surface area contributed by atoms with Gasteiger partial charge in [-0.2, -0.15) is 0 Å². The zero-order valence-electron chi connectivity index (χ0n) is 6.15. The van der Waals surface area contributed by atoms with Crippen LogP contribution in [0.1, 0.15) is 33.1 Å². The molecule has 1 heteroatoms. The fourth-order valence-corrected chi connectivity index (χ4v) is 1.23. The van der Waals surface area contributed by atoms with E-state index in [1.54, 1.807) is 0 Å². The van der Waals surface area contributed by atoms with Gasteiger partial charge in [-0.05, 0) is 33.1 Å². The summed E-state index contributed by atoms with van der Waals surface area (Å²) in [4.78, 5) is 0. The van der Waals surface area contributed by atoms with Crippen LogP contribution in [-0.4, -0.2) is 11.2 Å². The molecule has 0 aromatic heterocycles. The van der Waals surface area contributed by atoms with Crippen LogP contribution in [0.5, 0.6) is 0 Å². The van der Waals surface area contributed by atoms with Gasteiger partial charge in [-0.3, -0.25) is 0 Å². The largest absolute Gasteiger partial charge is 0.393 e. The predicted molar refractivity (Wildman–Crippen MR) is 38.2 cm³/mol. The third kappa shape index (κ3) is 1.55. The minimum atomic E-state index is -0.0614. The Morgan fingerprint density at radius 3 is 2.44 bits per heavy atom. The first kappa shape index (κ1) is 6.81. The molecule has 0 aromatic carbocycles. The van der Waals surface area contributed by atoms with E-state index in [9.17, 15) is 0 Å². The minimum absolute atomic E-state index is 0.0614. The second-order valence-corrected chi connectivity index (χ2v) is 2.96. The highest BCUT2D eigenvalue weighted by Gasteiger charge is 2.12. The van der Waals surface area contributed by atoms with E-state index in [2.05, 4.69) is 13.8 Å². The van der Waals surface area contributed by atoms with Crippen molar-refractivity contribution in [2.24, 2.45) is 0 Å². The summed E-state index contributed by atoms with van der Waals surface area (Å²) in [6.45, 7) is 4.26. The van der Waals surface area contributed by atoms with E-state index in [1.165, 1.54) is 11.1 Å². The molecule has 1 aliphatic carbocycles. The Morgan fingerprint density at radius 1 is 1.33 bits per heavy atom. The van der Waals surface area contributed by atoms with E-state index in [-0.39, 0.29) is 6.10 Å². The first-order chi connectivity index (χ1) is 4.20. The molecular weight excluding hydrogens is 112 g/mol. The number of aliphatic hydroxyl groups excluding tert-OH is 1. The first-order valence-electron chi connectivity index (χ1n) is 3.53. The molecule has 9 heavy (non-hydrogen) atoms. The van der Waals surface area contributed by atoms with Crippen molar-refractivity contribution in [2.45, 2.75) is 39.2 Å². The third-order valence-corrected chi connectivity index (χ3v) is 2.12. The van der Waals surface area contributed by atoms with Gasteiger partial charge in [-0.15, -0.1) is 0 Å². The topological polar surface area (TPSA) is 20.2 Å². The highest BCUT2D eigenvalue weighted by molar-refractivity contribution is 5.13. The summed E-state index contributed by atoms with van der Waals surface area (Å²) in [6, 6.07) is 0. The standard InChI is InChI=1S/C8H14O/c1-6-3-4-8(9)5-7(6)2/h8-9H,3-5H2,1-2H3/t8-/m1/s1. The lowest BCUT2D eigenvalue weighted by atomic mass is 9.92. The average molecular weight is 126 g/mol. The van der Waals surface area contributed by atoms with Crippen LogP contribution in [0.25, 0.3) is 0 Å². The minimum Gasteiger partial charge on any atom is -0.393 e. The van der Waals surface area contributed by atoms with Crippen molar-refractivity contribution in [3.63, 3.8) is 0 Å². The van der Waals surface area contributed by atoms with E-state index in [0.717, 1.165) is 19.3 Å². The molecule has 1 rings (SSSR count). The van der Waals surface area contributed by atoms with Gasteiger partial charge in [0.2, 0.25) is 0 Å². The quantitative estimate of drug-likeness (QED) is 0.491. The van der Waals surface area contributed by atoms with Crippen LogP contribution < -0.4 is 0 Å². The lowest BCUT2D eigenvalue weighted by Gasteiger charge is -2.19. The summed E-state index contributed by atoms with van der Waals surface area (Å²) in [5, 5.41) is 9.16. The number of allylic oxidation sites excluding steroid dienone is 1. The molecule has 0 fully saturated rings. The molecule has 0 saturated carbocycles. The van der Waals surface area contributed by atoms with Crippen molar-refractivity contribution in [2.75, 3.05) is 0 Å². The maximum atomic E-state index is 9.16. The van der Waals surface area contributed by atoms with E-state index in [4.69, 9.17) is 5.11 Å². The molecule has 1 nitrogen and oxygen atoms in total. The molecule has 1 atom stereocenters. The normalized spacial score (nSPS) is 29.0. The van der Waals surface area contributed by atoms with Gasteiger partial charge in [0, 0.05) is 0 Å². The monoisotopic (exact) mass is 126 g/mol. The van der Waals surface area contributed by atoms with Crippen LogP contribution in [0.15, 0.2) is 11.1 Å². The number of hydrogen-bond acceptors (Lipinski definition) is 1. The molecule has 0 bridgehead atoms. The van der Waals surface area contributed by atoms with Crippen LogP contribution in [-0.2, 0) is 0 Å². The van der Waals surface area contributed by atoms with Gasteiger partial charge in [0.25, 0.3) is 0 Å². The molecule has 0 heterocycles. The highest BCUT2D eigenvalue weighted by Crippen LogP contribution is 2.23. The van der Waals surface area contributed by atoms with E-state index < -0.39 is 0 Å². The fraction of sp³-hybridized carbons (Fsp3) is 0.750. The number of hydrogen-bond donors (Lipinski definition) is 1. The Balaban J connectivity index is 2.61. The molecule has 0 unspecified atom stereocenters. The number of aliphatic hydroxyl groups is 1. The Labute approximate surface area is 56.4 Å². The van der Waals surface area contributed by atoms with Crippen molar-refractivity contribution in [3.8, 4) is 0 Å². The Kier molecular flexibility index (Phi) is 1.91. The first-order valence-corrected chi connectivity index (χ1v) is 3.53. The SMILES string of the molecule is CC1=C(C)C[C@H](O)CC1. The molecule has 52 valence electrons. The maximum absolute atomic E-state index is 9.16. The van der Waals surface area contributed by atoms with Gasteiger partial charge in [0.1, 0.15) is 0 Å². The zero-order valence-corrected chi connectivity index (χ0v) is 6.15. The van der Waals surface area contributed by atoms with Gasteiger partial charge in [-0.1, -0.05) is 11.1 Å². The number of rotatable bonds is 0. The lowest BCUT2D eigenvalue weighted by molar-refractivity contribution is 0.158. The Bertz CT molecular complexity index is 136. The van der Waals surface area contributed by atoms with Crippen molar-refractivity contribution >= 4 is 0 Å². The molecule has 1 aliphatic rings. The molecule has 0 radical (unpaired) electrons. The van der Waals surface area contributed by atoms with Crippen molar-refractivity contribution in [1.82, 2.24) is 0 Å². The second-order valence-electron chi connectivity index (χ2n) is 2.96. The van der Waals surface area contributed by atoms with E-state index in [0.29, 0.717) is 0 Å². The lowest BCUT2D eigenvalue weighted by Crippen LogP contribution is -2.12. The van der Waals surface area contributed by atoms with Gasteiger partial charge < -0.3 is 5.11 Å². The molecule has 0 spiro atoms. The average Bonchev–Trinajstić information content (AvgIpc) is 1.80. The summed E-state index contributed by atoms with van der Waals surface area (Å²) < 4.78 is 0. The zero-order chi connectivity index (χ0) is 6.85. The van der Waals surface area contributed by atoms with Gasteiger partial charge in [-0.25, -0.2) is 0 Å². The smallest absolute Gasteiger partial charge is 0.0580 e. The molecule has 0 aromatic rings. The summed E-state index contributed by atoms with van der Waals surface area (Å²) >= 11 is 0. The molecular formula is C8H14O. The summed E-state index contributed by atoms with van der Waals surface area (Å²) in [5.41, 5.74) is 2.86. The van der Waals surface area contributed by atoms with Crippen LogP contribution >= 0.6 is 0 Å². The Morgan fingerprint density at radius 2 is 2.00 bits per heavy atom. The summed E-state index contributed by atoms with van der Waals surface area (Å²) in [7, 11) is 0. The van der Waals surface area contributed by atoms with Gasteiger partial charge in [0.05, 0.1) is 6.10 Å². The fourth-order valence-electron chi connectivity index (χ4n) is 1.23. The molecule has 0 aliphatic heterocycles. The van der Waals surface area contributed by atoms with Crippen LogP contribution in [0.3, 0.4) is 0 Å². The van der Waals surface area contributed by atoms with Crippen molar-refractivity contribution < 1.29 is 5.11 Å². The van der Waals surface area contributed by atoms with Gasteiger partial charge in [0.15, 0.2) is 0 Å². The van der Waals surface area contributed by atoms with Crippen molar-refractivity contribution in [3.05, 3.63) is 11.1 Å². The molecule has 0 amide bonds. The van der Waals surface area contributed by atoms with E-state index in [1.807, 2.05) is 0 Å². The van der Waals surface area contributed by atoms with E-state index >= 15 is 0 Å². The third-order valence-electron chi connectivity index (χ3n) is 2.12. The summed E-state index contributed by atoms with van der Waals surface area (Å²) in [5.74, 6) is 0. The Hall–Kier alpha value is -0.300. The van der Waals surface area contributed by atoms with Crippen LogP contribution in [0.4, 0.5) is 0 Å².